The second-order valence-corrected chi connectivity index (χ2v) is 5.79. The Labute approximate surface area is 142 Å². The third-order valence-electron chi connectivity index (χ3n) is 4.23. The number of rotatable bonds is 4. The molecular weight excluding hydrogens is 296 g/mol. The van der Waals surface area contributed by atoms with Gasteiger partial charge >= 0.3 is 0 Å². The number of anilines is 1. The number of hydrogen-bond acceptors (Lipinski definition) is 4. The Morgan fingerprint density at radius 2 is 1.71 bits per heavy atom. The third-order valence-corrected chi connectivity index (χ3v) is 4.23. The Morgan fingerprint density at radius 1 is 0.917 bits per heavy atom. The summed E-state index contributed by atoms with van der Waals surface area (Å²) in [7, 11) is 0. The smallest absolute Gasteiger partial charge is 0.123 e. The maximum atomic E-state index is 5.83. The van der Waals surface area contributed by atoms with Crippen LogP contribution in [0.1, 0.15) is 30.9 Å². The van der Waals surface area contributed by atoms with E-state index in [1.807, 2.05) is 31.5 Å². The van der Waals surface area contributed by atoms with E-state index in [-0.39, 0.29) is 0 Å². The molecule has 0 atom stereocenters. The molecule has 24 heavy (non-hydrogen) atoms. The van der Waals surface area contributed by atoms with Crippen LogP contribution in [0.25, 0.3) is 22.3 Å². The SMILES string of the molecule is CCc1cc(-c2ccnc(CC)c2-c2ccc(N)nc2C)ccn1. The van der Waals surface area contributed by atoms with Gasteiger partial charge in [-0.1, -0.05) is 13.8 Å². The predicted molar refractivity (Wildman–Crippen MR) is 98.6 cm³/mol. The van der Waals surface area contributed by atoms with E-state index < -0.39 is 0 Å². The van der Waals surface area contributed by atoms with Gasteiger partial charge in [0.05, 0.1) is 0 Å². The molecule has 122 valence electrons. The van der Waals surface area contributed by atoms with E-state index in [1.54, 1.807) is 0 Å². The summed E-state index contributed by atoms with van der Waals surface area (Å²) in [6.07, 6.45) is 5.53. The van der Waals surface area contributed by atoms with Crippen LogP contribution in [0.4, 0.5) is 5.82 Å². The number of nitrogen functional groups attached to an aromatic ring is 1. The van der Waals surface area contributed by atoms with E-state index in [0.717, 1.165) is 52.2 Å². The van der Waals surface area contributed by atoms with Gasteiger partial charge in [0, 0.05) is 40.6 Å². The Hall–Kier alpha value is -2.75. The molecule has 0 aliphatic carbocycles. The molecule has 4 heteroatoms. The van der Waals surface area contributed by atoms with Crippen LogP contribution >= 0.6 is 0 Å². The van der Waals surface area contributed by atoms with E-state index in [0.29, 0.717) is 5.82 Å². The molecule has 0 aromatic carbocycles. The van der Waals surface area contributed by atoms with E-state index in [1.165, 1.54) is 0 Å². The summed E-state index contributed by atoms with van der Waals surface area (Å²) in [6.45, 7) is 6.23. The monoisotopic (exact) mass is 318 g/mol. The summed E-state index contributed by atoms with van der Waals surface area (Å²) in [5, 5.41) is 0. The van der Waals surface area contributed by atoms with Crippen molar-refractivity contribution in [3.8, 4) is 22.3 Å². The number of aromatic nitrogens is 3. The van der Waals surface area contributed by atoms with Crippen LogP contribution in [0, 0.1) is 6.92 Å². The molecule has 0 radical (unpaired) electrons. The zero-order valence-corrected chi connectivity index (χ0v) is 14.4. The van der Waals surface area contributed by atoms with Crippen molar-refractivity contribution in [1.82, 2.24) is 15.0 Å². The molecule has 2 N–H and O–H groups in total. The molecule has 0 amide bonds. The van der Waals surface area contributed by atoms with Crippen LogP contribution < -0.4 is 5.73 Å². The maximum absolute atomic E-state index is 5.83. The molecule has 0 bridgehead atoms. The first-order chi connectivity index (χ1) is 11.6. The largest absolute Gasteiger partial charge is 0.384 e. The second-order valence-electron chi connectivity index (χ2n) is 5.79. The fourth-order valence-electron chi connectivity index (χ4n) is 3.00. The summed E-state index contributed by atoms with van der Waals surface area (Å²) >= 11 is 0. The van der Waals surface area contributed by atoms with Crippen molar-refractivity contribution in [3.63, 3.8) is 0 Å². The topological polar surface area (TPSA) is 64.7 Å². The lowest BCUT2D eigenvalue weighted by molar-refractivity contribution is 1.03. The van der Waals surface area contributed by atoms with Crippen molar-refractivity contribution in [3.05, 3.63) is 59.8 Å². The first-order valence-electron chi connectivity index (χ1n) is 8.30. The van der Waals surface area contributed by atoms with E-state index in [9.17, 15) is 0 Å². The summed E-state index contributed by atoms with van der Waals surface area (Å²) in [5.41, 5.74) is 13.4. The zero-order valence-electron chi connectivity index (χ0n) is 14.4. The van der Waals surface area contributed by atoms with E-state index in [2.05, 4.69) is 47.0 Å². The maximum Gasteiger partial charge on any atom is 0.123 e. The fourth-order valence-corrected chi connectivity index (χ4v) is 3.00. The lowest BCUT2D eigenvalue weighted by Crippen LogP contribution is -2.00. The van der Waals surface area contributed by atoms with Crippen molar-refractivity contribution in [1.29, 1.82) is 0 Å². The van der Waals surface area contributed by atoms with Crippen molar-refractivity contribution in [2.24, 2.45) is 0 Å². The summed E-state index contributed by atoms with van der Waals surface area (Å²) < 4.78 is 0. The third kappa shape index (κ3) is 3.00. The highest BCUT2D eigenvalue weighted by molar-refractivity contribution is 5.86. The van der Waals surface area contributed by atoms with Crippen molar-refractivity contribution >= 4 is 5.82 Å². The van der Waals surface area contributed by atoms with Gasteiger partial charge in [0.2, 0.25) is 0 Å². The summed E-state index contributed by atoms with van der Waals surface area (Å²) in [6, 6.07) is 10.2. The minimum atomic E-state index is 0.539. The Balaban J connectivity index is 2.27. The first-order valence-corrected chi connectivity index (χ1v) is 8.30. The van der Waals surface area contributed by atoms with Crippen LogP contribution in [-0.4, -0.2) is 15.0 Å². The van der Waals surface area contributed by atoms with Gasteiger partial charge in [-0.15, -0.1) is 0 Å². The molecule has 3 heterocycles. The van der Waals surface area contributed by atoms with Gasteiger partial charge in [0.15, 0.2) is 0 Å². The summed E-state index contributed by atoms with van der Waals surface area (Å²) in [4.78, 5) is 13.4. The van der Waals surface area contributed by atoms with Gasteiger partial charge in [-0.3, -0.25) is 9.97 Å². The van der Waals surface area contributed by atoms with Gasteiger partial charge < -0.3 is 5.73 Å². The van der Waals surface area contributed by atoms with Crippen LogP contribution in [0.2, 0.25) is 0 Å². The second kappa shape index (κ2) is 6.79. The molecule has 4 nitrogen and oxygen atoms in total. The van der Waals surface area contributed by atoms with Crippen molar-refractivity contribution in [2.75, 3.05) is 5.73 Å². The van der Waals surface area contributed by atoms with Crippen LogP contribution in [0.5, 0.6) is 0 Å². The molecule has 0 spiro atoms. The van der Waals surface area contributed by atoms with Crippen LogP contribution in [-0.2, 0) is 12.8 Å². The first kappa shape index (κ1) is 16.1. The Bertz CT molecular complexity index is 871. The van der Waals surface area contributed by atoms with E-state index >= 15 is 0 Å². The predicted octanol–water partition coefficient (Wildman–Crippen LogP) is 4.22. The molecular formula is C20H22N4. The van der Waals surface area contributed by atoms with Gasteiger partial charge in [0.1, 0.15) is 5.82 Å². The average molecular weight is 318 g/mol. The number of nitrogens with two attached hydrogens (primary N) is 1. The molecule has 3 aromatic heterocycles. The highest BCUT2D eigenvalue weighted by Crippen LogP contribution is 2.36. The molecule has 0 aliphatic heterocycles. The average Bonchev–Trinajstić information content (AvgIpc) is 2.61. The van der Waals surface area contributed by atoms with Gasteiger partial charge in [-0.25, -0.2) is 4.98 Å². The number of aryl methyl sites for hydroxylation is 3. The quantitative estimate of drug-likeness (QED) is 0.782. The minimum Gasteiger partial charge on any atom is -0.384 e. The van der Waals surface area contributed by atoms with Gasteiger partial charge in [-0.05, 0) is 61.2 Å². The summed E-state index contributed by atoms with van der Waals surface area (Å²) in [5.74, 6) is 0.539. The van der Waals surface area contributed by atoms with Crippen molar-refractivity contribution in [2.45, 2.75) is 33.6 Å². The van der Waals surface area contributed by atoms with Gasteiger partial charge in [0.25, 0.3) is 0 Å². The number of hydrogen-bond donors (Lipinski definition) is 1. The number of nitrogens with zero attached hydrogens (tertiary/aromatic N) is 3. The lowest BCUT2D eigenvalue weighted by Gasteiger charge is -2.16. The molecule has 0 saturated carbocycles. The molecule has 0 saturated heterocycles. The van der Waals surface area contributed by atoms with Crippen molar-refractivity contribution < 1.29 is 0 Å². The number of pyridine rings is 3. The lowest BCUT2D eigenvalue weighted by atomic mass is 9.92. The Morgan fingerprint density at radius 3 is 2.42 bits per heavy atom. The highest BCUT2D eigenvalue weighted by Gasteiger charge is 2.15. The highest BCUT2D eigenvalue weighted by atomic mass is 14.8. The fraction of sp³-hybridized carbons (Fsp3) is 0.250. The standard InChI is InChI=1S/C20H22N4/c1-4-15-12-14(8-10-22-15)17-9-11-23-18(5-2)20(17)16-6-7-19(21)24-13(16)3/h6-12H,4-5H2,1-3H3,(H2,21,24). The molecule has 3 rings (SSSR count). The molecule has 3 aromatic rings. The Kier molecular flexibility index (Phi) is 4.56. The van der Waals surface area contributed by atoms with Crippen LogP contribution in [0.15, 0.2) is 42.7 Å². The van der Waals surface area contributed by atoms with Gasteiger partial charge in [-0.2, -0.15) is 0 Å². The molecule has 0 unspecified atom stereocenters. The van der Waals surface area contributed by atoms with E-state index in [4.69, 9.17) is 5.73 Å². The molecule has 0 aliphatic rings. The zero-order chi connectivity index (χ0) is 17.1. The normalized spacial score (nSPS) is 10.8. The van der Waals surface area contributed by atoms with Crippen LogP contribution in [0.3, 0.4) is 0 Å². The molecule has 0 fully saturated rings. The minimum absolute atomic E-state index is 0.539.